The first kappa shape index (κ1) is 20.1. The number of hydrogen-bond donors (Lipinski definition) is 1. The summed E-state index contributed by atoms with van der Waals surface area (Å²) in [5.41, 5.74) is 2.40. The Bertz CT molecular complexity index is 1110. The third kappa shape index (κ3) is 4.82. The Morgan fingerprint density at radius 3 is 2.48 bits per heavy atom. The van der Waals surface area contributed by atoms with Crippen molar-refractivity contribution in [1.29, 1.82) is 0 Å². The van der Waals surface area contributed by atoms with Gasteiger partial charge in [-0.05, 0) is 43.7 Å². The van der Waals surface area contributed by atoms with Crippen molar-refractivity contribution in [2.45, 2.75) is 20.3 Å². The molecule has 0 aliphatic rings. The number of hydrogen-bond acceptors (Lipinski definition) is 6. The van der Waals surface area contributed by atoms with Crippen molar-refractivity contribution >= 4 is 28.5 Å². The van der Waals surface area contributed by atoms with Crippen LogP contribution in [0.15, 0.2) is 51.7 Å². The number of benzene rings is 2. The summed E-state index contributed by atoms with van der Waals surface area (Å²) in [7, 11) is 1.26. The van der Waals surface area contributed by atoms with Crippen LogP contribution in [-0.4, -0.2) is 25.6 Å². The molecule has 0 aliphatic heterocycles. The van der Waals surface area contributed by atoms with Crippen LogP contribution >= 0.6 is 0 Å². The number of rotatable bonds is 6. The minimum Gasteiger partial charge on any atom is -0.484 e. The van der Waals surface area contributed by atoms with Gasteiger partial charge in [0.2, 0.25) is 0 Å². The van der Waals surface area contributed by atoms with Crippen LogP contribution in [0.25, 0.3) is 11.0 Å². The lowest BCUT2D eigenvalue weighted by Gasteiger charge is -2.10. The standard InChI is InChI=1S/C22H21NO6/c1-13-4-6-15(7-5-13)23-20(24)12-28-16-8-9-17-14(2)18(11-21(25)27-3)22(26)29-19(17)10-16/h4-10H,11-12H2,1-3H3,(H,23,24). The number of esters is 1. The lowest BCUT2D eigenvalue weighted by Crippen LogP contribution is -2.20. The lowest BCUT2D eigenvalue weighted by molar-refractivity contribution is -0.139. The van der Waals surface area contributed by atoms with E-state index in [0.29, 0.717) is 28.0 Å². The fraction of sp³-hybridized carbons (Fsp3) is 0.227. The summed E-state index contributed by atoms with van der Waals surface area (Å²) in [6, 6.07) is 12.4. The molecule has 1 aromatic heterocycles. The number of methoxy groups -OCH3 is 1. The van der Waals surface area contributed by atoms with Gasteiger partial charge in [0.15, 0.2) is 6.61 Å². The van der Waals surface area contributed by atoms with E-state index in [2.05, 4.69) is 10.1 Å². The van der Waals surface area contributed by atoms with Gasteiger partial charge in [-0.15, -0.1) is 0 Å². The van der Waals surface area contributed by atoms with Gasteiger partial charge >= 0.3 is 11.6 Å². The number of nitrogens with one attached hydrogen (secondary N) is 1. The Hall–Kier alpha value is -3.61. The summed E-state index contributed by atoms with van der Waals surface area (Å²) in [4.78, 5) is 35.8. The summed E-state index contributed by atoms with van der Waals surface area (Å²) in [6.45, 7) is 3.52. The van der Waals surface area contributed by atoms with E-state index < -0.39 is 11.6 Å². The lowest BCUT2D eigenvalue weighted by atomic mass is 10.0. The van der Waals surface area contributed by atoms with E-state index in [-0.39, 0.29) is 24.5 Å². The number of ether oxygens (including phenoxy) is 2. The molecule has 3 rings (SSSR count). The molecular weight excluding hydrogens is 374 g/mol. The van der Waals surface area contributed by atoms with Crippen molar-refractivity contribution in [3.63, 3.8) is 0 Å². The van der Waals surface area contributed by atoms with Crippen molar-refractivity contribution in [1.82, 2.24) is 0 Å². The molecular formula is C22H21NO6. The number of amides is 1. The first-order chi connectivity index (χ1) is 13.9. The van der Waals surface area contributed by atoms with Crippen LogP contribution in [0.3, 0.4) is 0 Å². The average molecular weight is 395 g/mol. The van der Waals surface area contributed by atoms with Crippen LogP contribution in [0.4, 0.5) is 5.69 Å². The van der Waals surface area contributed by atoms with Crippen LogP contribution in [0, 0.1) is 13.8 Å². The van der Waals surface area contributed by atoms with E-state index in [9.17, 15) is 14.4 Å². The zero-order valence-corrected chi connectivity index (χ0v) is 16.4. The molecule has 0 saturated heterocycles. The molecule has 0 spiro atoms. The largest absolute Gasteiger partial charge is 0.484 e. The highest BCUT2D eigenvalue weighted by molar-refractivity contribution is 5.92. The zero-order chi connectivity index (χ0) is 21.0. The molecule has 2 aromatic carbocycles. The van der Waals surface area contributed by atoms with Crippen LogP contribution in [0.5, 0.6) is 5.75 Å². The molecule has 150 valence electrons. The van der Waals surface area contributed by atoms with E-state index in [1.807, 2.05) is 31.2 Å². The normalized spacial score (nSPS) is 10.6. The molecule has 0 saturated carbocycles. The first-order valence-electron chi connectivity index (χ1n) is 9.00. The molecule has 0 fully saturated rings. The van der Waals surface area contributed by atoms with Gasteiger partial charge in [0.25, 0.3) is 5.91 Å². The maximum atomic E-state index is 12.2. The predicted octanol–water partition coefficient (Wildman–Crippen LogP) is 3.14. The molecule has 29 heavy (non-hydrogen) atoms. The van der Waals surface area contributed by atoms with E-state index in [4.69, 9.17) is 9.15 Å². The van der Waals surface area contributed by atoms with Crippen LogP contribution in [0.1, 0.15) is 16.7 Å². The fourth-order valence-electron chi connectivity index (χ4n) is 2.87. The predicted molar refractivity (Wildman–Crippen MR) is 108 cm³/mol. The van der Waals surface area contributed by atoms with Crippen molar-refractivity contribution in [3.8, 4) is 5.75 Å². The van der Waals surface area contributed by atoms with Gasteiger partial charge in [-0.2, -0.15) is 0 Å². The maximum absolute atomic E-state index is 12.2. The van der Waals surface area contributed by atoms with Gasteiger partial charge in [-0.3, -0.25) is 9.59 Å². The molecule has 0 bridgehead atoms. The smallest absolute Gasteiger partial charge is 0.340 e. The van der Waals surface area contributed by atoms with Crippen molar-refractivity contribution in [2.75, 3.05) is 19.0 Å². The van der Waals surface area contributed by atoms with Crippen molar-refractivity contribution in [2.24, 2.45) is 0 Å². The van der Waals surface area contributed by atoms with Crippen LogP contribution < -0.4 is 15.7 Å². The van der Waals surface area contributed by atoms with E-state index in [0.717, 1.165) is 5.56 Å². The van der Waals surface area contributed by atoms with Crippen molar-refractivity contribution < 1.29 is 23.5 Å². The van der Waals surface area contributed by atoms with E-state index >= 15 is 0 Å². The second-order valence-electron chi connectivity index (χ2n) is 6.61. The Morgan fingerprint density at radius 1 is 1.07 bits per heavy atom. The van der Waals surface area contributed by atoms with E-state index in [1.54, 1.807) is 25.1 Å². The quantitative estimate of drug-likeness (QED) is 0.509. The first-order valence-corrected chi connectivity index (χ1v) is 9.00. The number of fused-ring (bicyclic) bond motifs is 1. The molecule has 1 heterocycles. The second kappa shape index (κ2) is 8.60. The highest BCUT2D eigenvalue weighted by atomic mass is 16.5. The highest BCUT2D eigenvalue weighted by Gasteiger charge is 2.16. The third-order valence-corrected chi connectivity index (χ3v) is 4.51. The Labute approximate surface area is 167 Å². The Morgan fingerprint density at radius 2 is 1.79 bits per heavy atom. The van der Waals surface area contributed by atoms with Gasteiger partial charge in [0.1, 0.15) is 11.3 Å². The number of aryl methyl sites for hydroxylation is 2. The average Bonchev–Trinajstić information content (AvgIpc) is 2.71. The van der Waals surface area contributed by atoms with Gasteiger partial charge < -0.3 is 19.2 Å². The third-order valence-electron chi connectivity index (χ3n) is 4.51. The highest BCUT2D eigenvalue weighted by Crippen LogP contribution is 2.24. The number of carbonyl (C=O) groups is 2. The second-order valence-corrected chi connectivity index (χ2v) is 6.61. The summed E-state index contributed by atoms with van der Waals surface area (Å²) < 4.78 is 15.5. The monoisotopic (exact) mass is 395 g/mol. The number of anilines is 1. The molecule has 7 nitrogen and oxygen atoms in total. The summed E-state index contributed by atoms with van der Waals surface area (Å²) in [6.07, 6.45) is -0.155. The van der Waals surface area contributed by atoms with Gasteiger partial charge in [0, 0.05) is 17.1 Å². The molecule has 7 heteroatoms. The minimum absolute atomic E-state index is 0.155. The maximum Gasteiger partial charge on any atom is 0.340 e. The molecule has 0 radical (unpaired) electrons. The Balaban J connectivity index is 1.73. The summed E-state index contributed by atoms with van der Waals surface area (Å²) >= 11 is 0. The van der Waals surface area contributed by atoms with E-state index in [1.165, 1.54) is 7.11 Å². The van der Waals surface area contributed by atoms with Gasteiger partial charge in [-0.25, -0.2) is 4.79 Å². The molecule has 0 atom stereocenters. The molecule has 0 unspecified atom stereocenters. The minimum atomic E-state index is -0.602. The van der Waals surface area contributed by atoms with Crippen LogP contribution in [-0.2, 0) is 20.7 Å². The summed E-state index contributed by atoms with van der Waals surface area (Å²) in [5, 5.41) is 3.43. The molecule has 1 N–H and O–H groups in total. The number of carbonyl (C=O) groups excluding carboxylic acids is 2. The molecule has 1 amide bonds. The van der Waals surface area contributed by atoms with Crippen molar-refractivity contribution in [3.05, 3.63) is 69.6 Å². The van der Waals surface area contributed by atoms with Gasteiger partial charge in [0.05, 0.1) is 19.1 Å². The zero-order valence-electron chi connectivity index (χ0n) is 16.4. The fourth-order valence-corrected chi connectivity index (χ4v) is 2.87. The molecule has 3 aromatic rings. The SMILES string of the molecule is COC(=O)Cc1c(C)c2ccc(OCC(=O)Nc3ccc(C)cc3)cc2oc1=O. The Kier molecular flexibility index (Phi) is 5.97. The molecule has 0 aliphatic carbocycles. The summed E-state index contributed by atoms with van der Waals surface area (Å²) in [5.74, 6) is -0.431. The topological polar surface area (TPSA) is 94.8 Å². The van der Waals surface area contributed by atoms with Gasteiger partial charge in [-0.1, -0.05) is 17.7 Å². The van der Waals surface area contributed by atoms with Crippen LogP contribution in [0.2, 0.25) is 0 Å².